The Morgan fingerprint density at radius 3 is 2.75 bits per heavy atom. The minimum absolute atomic E-state index is 0.285. The third-order valence-electron chi connectivity index (χ3n) is 1.97. The average molecular weight is 168 g/mol. The molecule has 0 unspecified atom stereocenters. The topological polar surface area (TPSA) is 20.2 Å². The number of hydrogen-bond acceptors (Lipinski definition) is 1. The lowest BCUT2D eigenvalue weighted by molar-refractivity contribution is 0.169. The van der Waals surface area contributed by atoms with Crippen LogP contribution in [-0.2, 0) is 0 Å². The van der Waals surface area contributed by atoms with E-state index in [9.17, 15) is 9.50 Å². The van der Waals surface area contributed by atoms with Gasteiger partial charge in [-0.1, -0.05) is 25.1 Å². The van der Waals surface area contributed by atoms with Crippen LogP contribution in [0.3, 0.4) is 0 Å². The molecule has 2 heteroatoms. The van der Waals surface area contributed by atoms with E-state index in [0.717, 1.165) is 0 Å². The lowest BCUT2D eigenvalue weighted by Gasteiger charge is -2.10. The summed E-state index contributed by atoms with van der Waals surface area (Å²) >= 11 is 0. The first-order valence-corrected chi connectivity index (χ1v) is 4.10. The molecule has 0 spiro atoms. The highest BCUT2D eigenvalue weighted by Crippen LogP contribution is 2.21. The Balaban J connectivity index is 3.07. The lowest BCUT2D eigenvalue weighted by Crippen LogP contribution is -2.00. The smallest absolute Gasteiger partial charge is 0.131 e. The molecule has 0 saturated carbocycles. The van der Waals surface area contributed by atoms with E-state index in [2.05, 4.69) is 0 Å². The van der Waals surface area contributed by atoms with Crippen LogP contribution < -0.4 is 0 Å². The van der Waals surface area contributed by atoms with Crippen molar-refractivity contribution < 1.29 is 9.50 Å². The molecule has 0 amide bonds. The van der Waals surface area contributed by atoms with Crippen molar-refractivity contribution in [2.24, 2.45) is 0 Å². The monoisotopic (exact) mass is 168 g/mol. The zero-order valence-corrected chi connectivity index (χ0v) is 7.34. The molecule has 0 aromatic heterocycles. The van der Waals surface area contributed by atoms with Gasteiger partial charge in [-0.05, 0) is 18.9 Å². The third kappa shape index (κ3) is 1.64. The molecule has 0 radical (unpaired) electrons. The maximum atomic E-state index is 13.3. The second-order valence-corrected chi connectivity index (χ2v) is 2.90. The second-order valence-electron chi connectivity index (χ2n) is 2.90. The summed E-state index contributed by atoms with van der Waals surface area (Å²) < 4.78 is 13.3. The number of hydrogen-bond donors (Lipinski definition) is 1. The number of rotatable bonds is 2. The van der Waals surface area contributed by atoms with Crippen LogP contribution in [-0.4, -0.2) is 5.11 Å². The molecule has 0 aliphatic heterocycles. The molecule has 1 rings (SSSR count). The molecule has 0 bridgehead atoms. The minimum Gasteiger partial charge on any atom is -0.388 e. The van der Waals surface area contributed by atoms with Crippen molar-refractivity contribution >= 4 is 0 Å². The zero-order chi connectivity index (χ0) is 9.14. The summed E-state index contributed by atoms with van der Waals surface area (Å²) in [5.41, 5.74) is 0.984. The van der Waals surface area contributed by atoms with Crippen molar-refractivity contribution in [2.75, 3.05) is 0 Å². The molecule has 0 aliphatic carbocycles. The van der Waals surface area contributed by atoms with Crippen LogP contribution in [0.2, 0.25) is 0 Å². The largest absolute Gasteiger partial charge is 0.388 e. The first-order chi connectivity index (χ1) is 5.66. The highest BCUT2D eigenvalue weighted by atomic mass is 19.1. The Morgan fingerprint density at radius 2 is 2.17 bits per heavy atom. The van der Waals surface area contributed by atoms with Gasteiger partial charge in [-0.25, -0.2) is 4.39 Å². The summed E-state index contributed by atoms with van der Waals surface area (Å²) in [6, 6.07) is 5.07. The zero-order valence-electron chi connectivity index (χ0n) is 7.34. The molecule has 1 atom stereocenters. The molecule has 1 aromatic carbocycles. The van der Waals surface area contributed by atoms with Gasteiger partial charge in [0, 0.05) is 5.56 Å². The molecule has 1 N–H and O–H groups in total. The van der Waals surface area contributed by atoms with Gasteiger partial charge < -0.3 is 5.11 Å². The summed E-state index contributed by atoms with van der Waals surface area (Å²) in [7, 11) is 0. The van der Waals surface area contributed by atoms with Gasteiger partial charge in [0.2, 0.25) is 0 Å². The van der Waals surface area contributed by atoms with E-state index in [1.54, 1.807) is 25.1 Å². The Morgan fingerprint density at radius 1 is 1.50 bits per heavy atom. The van der Waals surface area contributed by atoms with E-state index in [1.807, 2.05) is 6.92 Å². The summed E-state index contributed by atoms with van der Waals surface area (Å²) in [6.07, 6.45) is -0.134. The van der Waals surface area contributed by atoms with E-state index in [1.165, 1.54) is 0 Å². The SMILES string of the molecule is CC[C@H](O)c1cccc(C)c1F. The van der Waals surface area contributed by atoms with Crippen LogP contribution in [0.5, 0.6) is 0 Å². The third-order valence-corrected chi connectivity index (χ3v) is 1.97. The number of aliphatic hydroxyl groups is 1. The number of benzene rings is 1. The Bertz CT molecular complexity index is 271. The fourth-order valence-electron chi connectivity index (χ4n) is 1.15. The molecule has 1 aromatic rings. The summed E-state index contributed by atoms with van der Waals surface area (Å²) in [5.74, 6) is -0.285. The van der Waals surface area contributed by atoms with E-state index >= 15 is 0 Å². The van der Waals surface area contributed by atoms with Crippen LogP contribution in [0.25, 0.3) is 0 Å². The highest BCUT2D eigenvalue weighted by molar-refractivity contribution is 5.26. The van der Waals surface area contributed by atoms with E-state index < -0.39 is 6.10 Å². The Labute approximate surface area is 71.9 Å². The predicted molar refractivity (Wildman–Crippen MR) is 46.4 cm³/mol. The normalized spacial score (nSPS) is 13.0. The first-order valence-electron chi connectivity index (χ1n) is 4.10. The van der Waals surface area contributed by atoms with Gasteiger partial charge in [0.25, 0.3) is 0 Å². The van der Waals surface area contributed by atoms with Crippen molar-refractivity contribution in [2.45, 2.75) is 26.4 Å². The maximum Gasteiger partial charge on any atom is 0.131 e. The first kappa shape index (κ1) is 9.20. The molecule has 0 saturated heterocycles. The predicted octanol–water partition coefficient (Wildman–Crippen LogP) is 2.58. The number of aryl methyl sites for hydroxylation is 1. The molecular formula is C10H13FO. The van der Waals surface area contributed by atoms with Gasteiger partial charge in [-0.2, -0.15) is 0 Å². The molecule has 0 aliphatic rings. The number of halogens is 1. The van der Waals surface area contributed by atoms with Crippen LogP contribution in [0.1, 0.15) is 30.6 Å². The van der Waals surface area contributed by atoms with Crippen LogP contribution >= 0.6 is 0 Å². The van der Waals surface area contributed by atoms with Crippen LogP contribution in [0.4, 0.5) is 4.39 Å². The Kier molecular flexibility index (Phi) is 2.82. The second kappa shape index (κ2) is 3.68. The average Bonchev–Trinajstić information content (AvgIpc) is 2.08. The lowest BCUT2D eigenvalue weighted by atomic mass is 10.0. The Hall–Kier alpha value is -0.890. The van der Waals surface area contributed by atoms with Crippen molar-refractivity contribution in [1.29, 1.82) is 0 Å². The highest BCUT2D eigenvalue weighted by Gasteiger charge is 2.11. The summed E-state index contributed by atoms with van der Waals surface area (Å²) in [6.45, 7) is 3.52. The van der Waals surface area contributed by atoms with Gasteiger partial charge in [-0.3, -0.25) is 0 Å². The molecule has 12 heavy (non-hydrogen) atoms. The molecule has 1 nitrogen and oxygen atoms in total. The molecule has 66 valence electrons. The van der Waals surface area contributed by atoms with Crippen molar-refractivity contribution in [3.8, 4) is 0 Å². The van der Waals surface area contributed by atoms with Gasteiger partial charge in [-0.15, -0.1) is 0 Å². The van der Waals surface area contributed by atoms with E-state index in [-0.39, 0.29) is 5.82 Å². The fourth-order valence-corrected chi connectivity index (χ4v) is 1.15. The maximum absolute atomic E-state index is 13.3. The molecule has 0 heterocycles. The molecular weight excluding hydrogens is 155 g/mol. The fraction of sp³-hybridized carbons (Fsp3) is 0.400. The van der Waals surface area contributed by atoms with Gasteiger partial charge in [0.05, 0.1) is 6.10 Å². The number of aliphatic hydroxyl groups excluding tert-OH is 1. The van der Waals surface area contributed by atoms with Gasteiger partial charge >= 0.3 is 0 Å². The minimum atomic E-state index is -0.676. The van der Waals surface area contributed by atoms with E-state index in [0.29, 0.717) is 17.5 Å². The van der Waals surface area contributed by atoms with Crippen molar-refractivity contribution in [1.82, 2.24) is 0 Å². The van der Waals surface area contributed by atoms with Crippen LogP contribution in [0.15, 0.2) is 18.2 Å². The van der Waals surface area contributed by atoms with Crippen LogP contribution in [0, 0.1) is 12.7 Å². The van der Waals surface area contributed by atoms with Crippen molar-refractivity contribution in [3.05, 3.63) is 35.1 Å². The van der Waals surface area contributed by atoms with Gasteiger partial charge in [0.15, 0.2) is 0 Å². The van der Waals surface area contributed by atoms with E-state index in [4.69, 9.17) is 0 Å². The standard InChI is InChI=1S/C10H13FO/c1-3-9(12)8-6-4-5-7(2)10(8)11/h4-6,9,12H,3H2,1-2H3/t9-/m0/s1. The summed E-state index contributed by atoms with van der Waals surface area (Å²) in [5, 5.41) is 9.39. The van der Waals surface area contributed by atoms with Crippen molar-refractivity contribution in [3.63, 3.8) is 0 Å². The summed E-state index contributed by atoms with van der Waals surface area (Å²) in [4.78, 5) is 0. The quantitative estimate of drug-likeness (QED) is 0.719. The van der Waals surface area contributed by atoms with Gasteiger partial charge in [0.1, 0.15) is 5.82 Å². The molecule has 0 fully saturated rings.